The van der Waals surface area contributed by atoms with Gasteiger partial charge < -0.3 is 21.3 Å². The SMILES string of the molecule is CCCCNC(=O)CNC(=O)CNC(=O)CNC(=O)CS. The van der Waals surface area contributed by atoms with Crippen molar-refractivity contribution in [3.05, 3.63) is 0 Å². The lowest BCUT2D eigenvalue weighted by Crippen LogP contribution is -2.44. The minimum absolute atomic E-state index is 0.0130. The molecule has 9 heteroatoms. The van der Waals surface area contributed by atoms with Gasteiger partial charge in [0.15, 0.2) is 0 Å². The topological polar surface area (TPSA) is 116 Å². The maximum Gasteiger partial charge on any atom is 0.239 e. The third kappa shape index (κ3) is 11.7. The first kappa shape index (κ1) is 19.2. The Morgan fingerprint density at radius 3 is 1.62 bits per heavy atom. The molecule has 4 N–H and O–H groups in total. The Morgan fingerprint density at radius 2 is 1.19 bits per heavy atom. The van der Waals surface area contributed by atoms with Gasteiger partial charge in [0.05, 0.1) is 25.4 Å². The van der Waals surface area contributed by atoms with Gasteiger partial charge >= 0.3 is 0 Å². The van der Waals surface area contributed by atoms with E-state index in [1.807, 2.05) is 6.92 Å². The molecule has 0 rings (SSSR count). The van der Waals surface area contributed by atoms with Crippen molar-refractivity contribution in [1.82, 2.24) is 21.3 Å². The highest BCUT2D eigenvalue weighted by Crippen LogP contribution is 1.81. The number of rotatable bonds is 10. The van der Waals surface area contributed by atoms with Crippen LogP contribution in [0.2, 0.25) is 0 Å². The molecule has 0 spiro atoms. The second-order valence-electron chi connectivity index (χ2n) is 4.19. The summed E-state index contributed by atoms with van der Waals surface area (Å²) in [7, 11) is 0. The molecular weight excluding hydrogens is 296 g/mol. The second-order valence-corrected chi connectivity index (χ2v) is 4.51. The molecule has 0 bridgehead atoms. The van der Waals surface area contributed by atoms with Gasteiger partial charge in [-0.25, -0.2) is 0 Å². The molecule has 120 valence electrons. The third-order valence-corrected chi connectivity index (χ3v) is 2.62. The molecular formula is C12H22N4O4S. The van der Waals surface area contributed by atoms with Gasteiger partial charge in [-0.2, -0.15) is 12.6 Å². The highest BCUT2D eigenvalue weighted by Gasteiger charge is 2.08. The molecule has 21 heavy (non-hydrogen) atoms. The number of thiol groups is 1. The monoisotopic (exact) mass is 318 g/mol. The van der Waals surface area contributed by atoms with E-state index in [2.05, 4.69) is 33.9 Å². The predicted octanol–water partition coefficient (Wildman–Crippen LogP) is -1.82. The fourth-order valence-electron chi connectivity index (χ4n) is 1.18. The zero-order valence-electron chi connectivity index (χ0n) is 12.0. The van der Waals surface area contributed by atoms with Crippen LogP contribution in [0, 0.1) is 0 Å². The quantitative estimate of drug-likeness (QED) is 0.241. The summed E-state index contributed by atoms with van der Waals surface area (Å²) in [6.07, 6.45) is 1.86. The van der Waals surface area contributed by atoms with Gasteiger partial charge in [-0.1, -0.05) is 13.3 Å². The second kappa shape index (κ2) is 12.0. The standard InChI is InChI=1S/C12H22N4O4S/c1-2-3-4-13-9(17)5-14-10(18)6-15-11(19)7-16-12(20)8-21/h21H,2-8H2,1H3,(H,13,17)(H,14,18)(H,15,19)(H,16,20). The Balaban J connectivity index is 3.68. The Kier molecular flexibility index (Phi) is 11.0. The predicted molar refractivity (Wildman–Crippen MR) is 80.8 cm³/mol. The number of unbranched alkanes of at least 4 members (excludes halogenated alkanes) is 1. The zero-order valence-corrected chi connectivity index (χ0v) is 12.9. The Hall–Kier alpha value is -1.77. The summed E-state index contributed by atoms with van der Waals surface area (Å²) < 4.78 is 0. The molecule has 0 saturated heterocycles. The minimum Gasteiger partial charge on any atom is -0.355 e. The van der Waals surface area contributed by atoms with Crippen LogP contribution in [0.1, 0.15) is 19.8 Å². The van der Waals surface area contributed by atoms with E-state index >= 15 is 0 Å². The summed E-state index contributed by atoms with van der Waals surface area (Å²) in [5.41, 5.74) is 0. The van der Waals surface area contributed by atoms with E-state index in [9.17, 15) is 19.2 Å². The van der Waals surface area contributed by atoms with E-state index in [0.717, 1.165) is 12.8 Å². The van der Waals surface area contributed by atoms with Gasteiger partial charge in [0, 0.05) is 6.54 Å². The first-order valence-corrected chi connectivity index (χ1v) is 7.30. The largest absolute Gasteiger partial charge is 0.355 e. The van der Waals surface area contributed by atoms with Gasteiger partial charge in [0.1, 0.15) is 0 Å². The third-order valence-electron chi connectivity index (χ3n) is 2.33. The number of amides is 4. The van der Waals surface area contributed by atoms with Crippen molar-refractivity contribution in [2.75, 3.05) is 31.9 Å². The van der Waals surface area contributed by atoms with Crippen molar-refractivity contribution >= 4 is 36.3 Å². The highest BCUT2D eigenvalue weighted by atomic mass is 32.1. The zero-order chi connectivity index (χ0) is 16.1. The number of carbonyl (C=O) groups is 4. The fourth-order valence-corrected chi connectivity index (χ4v) is 1.30. The molecule has 0 aromatic carbocycles. The Bertz CT molecular complexity index is 376. The lowest BCUT2D eigenvalue weighted by atomic mass is 10.3. The molecule has 4 amide bonds. The summed E-state index contributed by atoms with van der Waals surface area (Å²) in [5.74, 6) is -1.63. The number of nitrogens with one attached hydrogen (secondary N) is 4. The van der Waals surface area contributed by atoms with Gasteiger partial charge in [0.2, 0.25) is 23.6 Å². The molecule has 8 nitrogen and oxygen atoms in total. The van der Waals surface area contributed by atoms with E-state index in [4.69, 9.17) is 0 Å². The lowest BCUT2D eigenvalue weighted by Gasteiger charge is -2.08. The first-order chi connectivity index (χ1) is 9.99. The maximum atomic E-state index is 11.4. The van der Waals surface area contributed by atoms with E-state index in [-0.39, 0.29) is 37.2 Å². The van der Waals surface area contributed by atoms with Gasteiger partial charge in [-0.3, -0.25) is 19.2 Å². The Morgan fingerprint density at radius 1 is 0.762 bits per heavy atom. The van der Waals surface area contributed by atoms with Crippen LogP contribution in [0.5, 0.6) is 0 Å². The van der Waals surface area contributed by atoms with Crippen LogP contribution in [0.4, 0.5) is 0 Å². The summed E-state index contributed by atoms with van der Waals surface area (Å²) >= 11 is 3.73. The molecule has 0 saturated carbocycles. The van der Waals surface area contributed by atoms with Gasteiger partial charge in [-0.05, 0) is 6.42 Å². The van der Waals surface area contributed by atoms with Crippen molar-refractivity contribution in [3.8, 4) is 0 Å². The van der Waals surface area contributed by atoms with Crippen LogP contribution in [0.15, 0.2) is 0 Å². The average molecular weight is 318 g/mol. The molecule has 0 aromatic rings. The number of hydrogen-bond acceptors (Lipinski definition) is 5. The first-order valence-electron chi connectivity index (χ1n) is 6.67. The summed E-state index contributed by atoms with van der Waals surface area (Å²) in [4.78, 5) is 44.8. The average Bonchev–Trinajstić information content (AvgIpc) is 2.48. The van der Waals surface area contributed by atoms with Crippen molar-refractivity contribution < 1.29 is 19.2 Å². The lowest BCUT2D eigenvalue weighted by molar-refractivity contribution is -0.128. The molecule has 0 radical (unpaired) electrons. The minimum atomic E-state index is -0.493. The van der Waals surface area contributed by atoms with Crippen LogP contribution in [-0.4, -0.2) is 55.6 Å². The highest BCUT2D eigenvalue weighted by molar-refractivity contribution is 7.81. The molecule has 0 aliphatic heterocycles. The van der Waals surface area contributed by atoms with Crippen LogP contribution >= 0.6 is 12.6 Å². The van der Waals surface area contributed by atoms with Crippen LogP contribution in [0.3, 0.4) is 0 Å². The molecule has 0 aliphatic rings. The van der Waals surface area contributed by atoms with Gasteiger partial charge in [-0.15, -0.1) is 0 Å². The number of carbonyl (C=O) groups excluding carboxylic acids is 4. The van der Waals surface area contributed by atoms with E-state index in [0.29, 0.717) is 6.54 Å². The van der Waals surface area contributed by atoms with Crippen LogP contribution in [-0.2, 0) is 19.2 Å². The van der Waals surface area contributed by atoms with Crippen molar-refractivity contribution in [1.29, 1.82) is 0 Å². The van der Waals surface area contributed by atoms with E-state index < -0.39 is 11.8 Å². The number of hydrogen-bond donors (Lipinski definition) is 5. The molecule has 0 aromatic heterocycles. The van der Waals surface area contributed by atoms with Crippen LogP contribution in [0.25, 0.3) is 0 Å². The molecule has 0 unspecified atom stereocenters. The Labute approximate surface area is 129 Å². The normalized spacial score (nSPS) is 9.62. The summed E-state index contributed by atoms with van der Waals surface area (Å²) in [5, 5.41) is 9.65. The molecule has 0 fully saturated rings. The maximum absolute atomic E-state index is 11.4. The van der Waals surface area contributed by atoms with E-state index in [1.165, 1.54) is 0 Å². The van der Waals surface area contributed by atoms with Crippen molar-refractivity contribution in [3.63, 3.8) is 0 Å². The molecule has 0 atom stereocenters. The van der Waals surface area contributed by atoms with Gasteiger partial charge in [0.25, 0.3) is 0 Å². The molecule has 0 heterocycles. The smallest absolute Gasteiger partial charge is 0.239 e. The fraction of sp³-hybridized carbons (Fsp3) is 0.667. The summed E-state index contributed by atoms with van der Waals surface area (Å²) in [6.45, 7) is 1.98. The van der Waals surface area contributed by atoms with Crippen molar-refractivity contribution in [2.24, 2.45) is 0 Å². The summed E-state index contributed by atoms with van der Waals surface area (Å²) in [6, 6.07) is 0. The van der Waals surface area contributed by atoms with E-state index in [1.54, 1.807) is 0 Å². The van der Waals surface area contributed by atoms with Crippen molar-refractivity contribution in [2.45, 2.75) is 19.8 Å². The van der Waals surface area contributed by atoms with Crippen LogP contribution < -0.4 is 21.3 Å². The molecule has 0 aliphatic carbocycles.